The highest BCUT2D eigenvalue weighted by atomic mass is 16.7. The van der Waals surface area contributed by atoms with Crippen molar-refractivity contribution in [2.24, 2.45) is 0 Å². The van der Waals surface area contributed by atoms with E-state index in [0.717, 1.165) is 27.7 Å². The molecule has 132 valence electrons. The maximum absolute atomic E-state index is 11.8. The Morgan fingerprint density at radius 2 is 2.00 bits per heavy atom. The van der Waals surface area contributed by atoms with Crippen LogP contribution in [-0.4, -0.2) is 28.9 Å². The zero-order chi connectivity index (χ0) is 17.9. The third-order valence-electron chi connectivity index (χ3n) is 5.43. The molecule has 0 fully saturated rings. The fraction of sp³-hybridized carbons (Fsp3) is 0.250. The van der Waals surface area contributed by atoms with Gasteiger partial charge in [0.1, 0.15) is 6.04 Å². The van der Waals surface area contributed by atoms with Gasteiger partial charge in [0.15, 0.2) is 11.5 Å². The monoisotopic (exact) mass is 350 g/mol. The lowest BCUT2D eigenvalue weighted by atomic mass is 9.80. The van der Waals surface area contributed by atoms with E-state index < -0.39 is 17.6 Å². The van der Waals surface area contributed by atoms with Crippen molar-refractivity contribution >= 4 is 16.9 Å². The van der Waals surface area contributed by atoms with Crippen molar-refractivity contribution in [2.75, 3.05) is 6.79 Å². The lowest BCUT2D eigenvalue weighted by molar-refractivity contribution is -0.140. The first-order valence-electron chi connectivity index (χ1n) is 8.57. The molecule has 2 aromatic carbocycles. The van der Waals surface area contributed by atoms with Gasteiger partial charge in [-0.25, -0.2) is 0 Å². The Morgan fingerprint density at radius 1 is 1.19 bits per heavy atom. The highest BCUT2D eigenvalue weighted by molar-refractivity contribution is 5.87. The van der Waals surface area contributed by atoms with Crippen LogP contribution in [0, 0.1) is 0 Å². The second-order valence-electron chi connectivity index (χ2n) is 6.96. The number of benzene rings is 2. The molecule has 0 saturated heterocycles. The molecule has 26 heavy (non-hydrogen) atoms. The first kappa shape index (κ1) is 15.3. The number of hydrogen-bond acceptors (Lipinski definition) is 4. The Labute approximate surface area is 149 Å². The number of aromatic nitrogens is 1. The number of fused-ring (bicyclic) bond motifs is 4. The van der Waals surface area contributed by atoms with Crippen LogP contribution in [0.2, 0.25) is 0 Å². The topological polar surface area (TPSA) is 83.6 Å². The number of rotatable bonds is 2. The summed E-state index contributed by atoms with van der Waals surface area (Å²) in [5, 5.41) is 14.1. The first-order valence-corrected chi connectivity index (χ1v) is 8.57. The van der Waals surface area contributed by atoms with Crippen molar-refractivity contribution < 1.29 is 19.4 Å². The molecule has 3 heterocycles. The summed E-state index contributed by atoms with van der Waals surface area (Å²) in [7, 11) is 0. The van der Waals surface area contributed by atoms with Crippen molar-refractivity contribution in [3.63, 3.8) is 0 Å². The van der Waals surface area contributed by atoms with E-state index in [0.29, 0.717) is 17.9 Å². The van der Waals surface area contributed by atoms with Crippen LogP contribution in [0.15, 0.2) is 42.5 Å². The molecule has 6 heteroatoms. The maximum atomic E-state index is 11.8. The second-order valence-corrected chi connectivity index (χ2v) is 6.96. The minimum absolute atomic E-state index is 0.207. The molecule has 0 saturated carbocycles. The molecule has 0 radical (unpaired) electrons. The largest absolute Gasteiger partial charge is 0.480 e. The van der Waals surface area contributed by atoms with Crippen LogP contribution in [0.25, 0.3) is 10.9 Å². The molecule has 2 atom stereocenters. The van der Waals surface area contributed by atoms with Gasteiger partial charge in [0.25, 0.3) is 0 Å². The minimum Gasteiger partial charge on any atom is -0.480 e. The third kappa shape index (κ3) is 2.05. The van der Waals surface area contributed by atoms with Gasteiger partial charge in [-0.1, -0.05) is 24.3 Å². The molecule has 3 N–H and O–H groups in total. The summed E-state index contributed by atoms with van der Waals surface area (Å²) in [5.74, 6) is 0.536. The van der Waals surface area contributed by atoms with Gasteiger partial charge >= 0.3 is 5.97 Å². The van der Waals surface area contributed by atoms with E-state index >= 15 is 0 Å². The van der Waals surface area contributed by atoms with Crippen molar-refractivity contribution in [1.82, 2.24) is 10.3 Å². The smallest absolute Gasteiger partial charge is 0.321 e. The van der Waals surface area contributed by atoms with Crippen molar-refractivity contribution in [3.05, 3.63) is 59.3 Å². The van der Waals surface area contributed by atoms with E-state index in [1.165, 1.54) is 0 Å². The number of hydrogen-bond donors (Lipinski definition) is 3. The first-order chi connectivity index (χ1) is 12.6. The highest BCUT2D eigenvalue weighted by Crippen LogP contribution is 2.42. The zero-order valence-electron chi connectivity index (χ0n) is 14.2. The van der Waals surface area contributed by atoms with Crippen molar-refractivity contribution in [2.45, 2.75) is 24.9 Å². The predicted octanol–water partition coefficient (Wildman–Crippen LogP) is 2.76. The van der Waals surface area contributed by atoms with E-state index in [1.807, 2.05) is 49.4 Å². The summed E-state index contributed by atoms with van der Waals surface area (Å²) in [6.45, 7) is 2.21. The van der Waals surface area contributed by atoms with Gasteiger partial charge in [-0.2, -0.15) is 0 Å². The molecule has 3 aromatic rings. The Hall–Kier alpha value is -2.99. The number of nitrogens with one attached hydrogen (secondary N) is 2. The van der Waals surface area contributed by atoms with Crippen LogP contribution in [0.5, 0.6) is 11.5 Å². The van der Waals surface area contributed by atoms with Crippen LogP contribution < -0.4 is 14.8 Å². The van der Waals surface area contributed by atoms with Crippen LogP contribution in [-0.2, 0) is 16.8 Å². The molecular formula is C20H18N2O4. The van der Waals surface area contributed by atoms with Gasteiger partial charge in [-0.3, -0.25) is 10.1 Å². The van der Waals surface area contributed by atoms with Crippen LogP contribution in [0.4, 0.5) is 0 Å². The molecule has 0 spiro atoms. The van der Waals surface area contributed by atoms with Gasteiger partial charge in [0.05, 0.1) is 5.54 Å². The number of aromatic amines is 1. The van der Waals surface area contributed by atoms with Crippen molar-refractivity contribution in [1.29, 1.82) is 0 Å². The standard InChI is InChI=1S/C20H18N2O4/c1-20(11-6-7-16-17(8-11)26-10-25-16)18-13(9-15(22-20)19(23)24)12-4-2-3-5-14(12)21-18/h2-8,15,21-22H,9-10H2,1H3,(H,23,24)/t15-,20+/m0/s1. The van der Waals surface area contributed by atoms with Gasteiger partial charge in [-0.15, -0.1) is 0 Å². The molecule has 5 rings (SSSR count). The lowest BCUT2D eigenvalue weighted by Gasteiger charge is -2.39. The van der Waals surface area contributed by atoms with Gasteiger partial charge in [0.2, 0.25) is 6.79 Å². The van der Waals surface area contributed by atoms with Crippen LogP contribution in [0.3, 0.4) is 0 Å². The zero-order valence-corrected chi connectivity index (χ0v) is 14.2. The van der Waals surface area contributed by atoms with E-state index in [9.17, 15) is 9.90 Å². The molecule has 0 aliphatic carbocycles. The number of aliphatic carboxylic acids is 1. The predicted molar refractivity (Wildman–Crippen MR) is 95.6 cm³/mol. The fourth-order valence-corrected chi connectivity index (χ4v) is 4.10. The fourth-order valence-electron chi connectivity index (χ4n) is 4.10. The summed E-state index contributed by atoms with van der Waals surface area (Å²) < 4.78 is 10.9. The SMILES string of the molecule is C[C@]1(c2ccc3c(c2)OCO3)N[C@H](C(=O)O)Cc2c1[nH]c1ccccc21. The lowest BCUT2D eigenvalue weighted by Crippen LogP contribution is -2.54. The highest BCUT2D eigenvalue weighted by Gasteiger charge is 2.42. The van der Waals surface area contributed by atoms with Gasteiger partial charge in [0, 0.05) is 23.0 Å². The molecule has 0 unspecified atom stereocenters. The van der Waals surface area contributed by atoms with E-state index in [2.05, 4.69) is 10.3 Å². The maximum Gasteiger partial charge on any atom is 0.321 e. The summed E-state index contributed by atoms with van der Waals surface area (Å²) >= 11 is 0. The number of carboxylic acids is 1. The molecule has 0 bridgehead atoms. The number of para-hydroxylation sites is 1. The minimum atomic E-state index is -0.854. The Kier molecular flexibility index (Phi) is 3.09. The van der Waals surface area contributed by atoms with E-state index in [-0.39, 0.29) is 6.79 Å². The molecule has 1 aromatic heterocycles. The summed E-state index contributed by atoms with van der Waals surface area (Å²) in [5.41, 5.74) is 3.30. The third-order valence-corrected chi connectivity index (χ3v) is 5.43. The average Bonchev–Trinajstić information content (AvgIpc) is 3.25. The molecule has 0 amide bonds. The average molecular weight is 350 g/mol. The molecular weight excluding hydrogens is 332 g/mol. The van der Waals surface area contributed by atoms with Crippen molar-refractivity contribution in [3.8, 4) is 11.5 Å². The van der Waals surface area contributed by atoms with E-state index in [4.69, 9.17) is 9.47 Å². The quantitative estimate of drug-likeness (QED) is 0.662. The Morgan fingerprint density at radius 3 is 2.85 bits per heavy atom. The number of H-pyrrole nitrogens is 1. The summed E-state index contributed by atoms with van der Waals surface area (Å²) in [6, 6.07) is 13.1. The van der Waals surface area contributed by atoms with Gasteiger partial charge < -0.3 is 19.6 Å². The second kappa shape index (κ2) is 5.25. The molecule has 2 aliphatic heterocycles. The van der Waals surface area contributed by atoms with Crippen LogP contribution in [0.1, 0.15) is 23.7 Å². The number of carboxylic acid groups (broad SMARTS) is 1. The number of carbonyl (C=O) groups is 1. The molecule has 6 nitrogen and oxygen atoms in total. The molecule has 2 aliphatic rings. The normalized spacial score (nSPS) is 23.8. The Balaban J connectivity index is 1.74. The van der Waals surface area contributed by atoms with E-state index in [1.54, 1.807) is 0 Å². The number of ether oxygens (including phenoxy) is 2. The van der Waals surface area contributed by atoms with Crippen LogP contribution >= 0.6 is 0 Å². The summed E-state index contributed by atoms with van der Waals surface area (Å²) in [4.78, 5) is 15.3. The van der Waals surface area contributed by atoms with Gasteiger partial charge in [-0.05, 0) is 36.2 Å². The Bertz CT molecular complexity index is 1040. The summed E-state index contributed by atoms with van der Waals surface area (Å²) in [6.07, 6.45) is 0.439.